The van der Waals surface area contributed by atoms with Gasteiger partial charge in [-0.2, -0.15) is 5.26 Å². The molecule has 2 heteroatoms. The van der Waals surface area contributed by atoms with Crippen LogP contribution in [0.5, 0.6) is 0 Å². The van der Waals surface area contributed by atoms with Crippen molar-refractivity contribution in [3.05, 3.63) is 34.1 Å². The van der Waals surface area contributed by atoms with Crippen molar-refractivity contribution in [2.45, 2.75) is 53.9 Å². The monoisotopic (exact) mass is 244 g/mol. The molecule has 2 nitrogen and oxygen atoms in total. The molecule has 0 aromatic heterocycles. The summed E-state index contributed by atoms with van der Waals surface area (Å²) in [6.45, 7) is 10.5. The lowest BCUT2D eigenvalue weighted by Gasteiger charge is -2.34. The van der Waals surface area contributed by atoms with E-state index in [4.69, 9.17) is 5.73 Å². The minimum absolute atomic E-state index is 0.283. The Bertz CT molecular complexity index is 460. The zero-order valence-electron chi connectivity index (χ0n) is 12.2. The Morgan fingerprint density at radius 3 is 2.33 bits per heavy atom. The first-order valence-electron chi connectivity index (χ1n) is 6.50. The van der Waals surface area contributed by atoms with E-state index in [2.05, 4.69) is 19.9 Å². The van der Waals surface area contributed by atoms with Gasteiger partial charge in [0.05, 0.1) is 11.6 Å². The van der Waals surface area contributed by atoms with Gasteiger partial charge in [0, 0.05) is 5.70 Å². The van der Waals surface area contributed by atoms with Crippen LogP contribution in [-0.4, -0.2) is 0 Å². The van der Waals surface area contributed by atoms with Gasteiger partial charge in [-0.15, -0.1) is 0 Å². The first kappa shape index (κ1) is 14.6. The van der Waals surface area contributed by atoms with Crippen LogP contribution in [0.4, 0.5) is 0 Å². The Labute approximate surface area is 111 Å². The highest BCUT2D eigenvalue weighted by atomic mass is 14.6. The number of rotatable bonds is 1. The van der Waals surface area contributed by atoms with Gasteiger partial charge in [-0.05, 0) is 62.7 Å². The van der Waals surface area contributed by atoms with Crippen molar-refractivity contribution in [1.82, 2.24) is 0 Å². The van der Waals surface area contributed by atoms with Crippen molar-refractivity contribution in [3.63, 3.8) is 0 Å². The smallest absolute Gasteiger partial charge is 0.0994 e. The Hall–Kier alpha value is -1.49. The highest BCUT2D eigenvalue weighted by Gasteiger charge is 2.29. The van der Waals surface area contributed by atoms with E-state index in [1.807, 2.05) is 26.8 Å². The average Bonchev–Trinajstić information content (AvgIpc) is 2.24. The minimum atomic E-state index is 0.283. The van der Waals surface area contributed by atoms with E-state index in [9.17, 15) is 5.26 Å². The molecule has 0 aromatic rings. The molecule has 0 aromatic carbocycles. The summed E-state index contributed by atoms with van der Waals surface area (Å²) in [6, 6.07) is 2.33. The molecular formula is C16H24N2. The molecule has 0 bridgehead atoms. The van der Waals surface area contributed by atoms with Crippen LogP contribution in [0.3, 0.4) is 0 Å². The van der Waals surface area contributed by atoms with E-state index < -0.39 is 0 Å². The van der Waals surface area contributed by atoms with Crippen LogP contribution in [0, 0.1) is 16.7 Å². The predicted octanol–water partition coefficient (Wildman–Crippen LogP) is 4.22. The molecule has 1 fully saturated rings. The Kier molecular flexibility index (Phi) is 4.40. The van der Waals surface area contributed by atoms with Gasteiger partial charge in [0.1, 0.15) is 0 Å². The molecule has 0 spiro atoms. The minimum Gasteiger partial charge on any atom is -0.402 e. The second kappa shape index (κ2) is 5.44. The molecular weight excluding hydrogens is 220 g/mol. The van der Waals surface area contributed by atoms with E-state index in [1.165, 1.54) is 5.57 Å². The molecule has 0 heterocycles. The molecule has 98 valence electrons. The lowest BCUT2D eigenvalue weighted by Crippen LogP contribution is -2.21. The highest BCUT2D eigenvalue weighted by molar-refractivity contribution is 5.50. The molecule has 0 atom stereocenters. The second-order valence-corrected chi connectivity index (χ2v) is 6.23. The Balaban J connectivity index is 3.32. The summed E-state index contributed by atoms with van der Waals surface area (Å²) in [5.41, 5.74) is 11.4. The predicted molar refractivity (Wildman–Crippen MR) is 76.6 cm³/mol. The molecule has 0 aliphatic heterocycles. The Morgan fingerprint density at radius 1 is 1.28 bits per heavy atom. The summed E-state index contributed by atoms with van der Waals surface area (Å²) in [7, 11) is 0. The van der Waals surface area contributed by atoms with Crippen molar-refractivity contribution in [2.75, 3.05) is 0 Å². The van der Waals surface area contributed by atoms with Gasteiger partial charge in [0.25, 0.3) is 0 Å². The molecule has 0 saturated heterocycles. The number of nitriles is 1. The average molecular weight is 244 g/mol. The number of hydrogen-bond acceptors (Lipinski definition) is 2. The molecule has 1 saturated carbocycles. The SMILES string of the molecule is CC(C)=C/C(C#N)=C1/CCC(C)(C)C/C1=C(/C)N. The van der Waals surface area contributed by atoms with Gasteiger partial charge < -0.3 is 5.73 Å². The fourth-order valence-electron chi connectivity index (χ4n) is 2.44. The number of nitrogens with two attached hydrogens (primary N) is 1. The maximum Gasteiger partial charge on any atom is 0.0994 e. The van der Waals surface area contributed by atoms with E-state index in [-0.39, 0.29) is 5.41 Å². The van der Waals surface area contributed by atoms with Gasteiger partial charge in [-0.1, -0.05) is 19.4 Å². The summed E-state index contributed by atoms with van der Waals surface area (Å²) in [6.07, 6.45) is 4.99. The summed E-state index contributed by atoms with van der Waals surface area (Å²) in [4.78, 5) is 0. The lowest BCUT2D eigenvalue weighted by molar-refractivity contribution is 0.312. The molecule has 0 unspecified atom stereocenters. The summed E-state index contributed by atoms with van der Waals surface area (Å²) in [5, 5.41) is 9.34. The standard InChI is InChI=1S/C16H24N2/c1-11(2)8-13(10-17)14-6-7-16(4,5)9-15(14)12(3)18/h8H,6-7,9,18H2,1-5H3/b14-13+,15-12+. The fraction of sp³-hybridized carbons (Fsp3) is 0.562. The van der Waals surface area contributed by atoms with E-state index in [0.717, 1.165) is 41.7 Å². The Morgan fingerprint density at radius 2 is 1.89 bits per heavy atom. The third-order valence-corrected chi connectivity index (χ3v) is 3.43. The van der Waals surface area contributed by atoms with Crippen molar-refractivity contribution < 1.29 is 0 Å². The van der Waals surface area contributed by atoms with Gasteiger partial charge in [-0.3, -0.25) is 0 Å². The van der Waals surface area contributed by atoms with Crippen LogP contribution in [0.15, 0.2) is 34.1 Å². The van der Waals surface area contributed by atoms with Crippen LogP contribution in [0.1, 0.15) is 53.9 Å². The zero-order chi connectivity index (χ0) is 13.9. The second-order valence-electron chi connectivity index (χ2n) is 6.23. The molecule has 1 aliphatic carbocycles. The van der Waals surface area contributed by atoms with Crippen molar-refractivity contribution in [2.24, 2.45) is 11.1 Å². The van der Waals surface area contributed by atoms with Crippen LogP contribution < -0.4 is 5.73 Å². The van der Waals surface area contributed by atoms with E-state index >= 15 is 0 Å². The molecule has 1 rings (SSSR count). The van der Waals surface area contributed by atoms with Gasteiger partial charge in [-0.25, -0.2) is 0 Å². The van der Waals surface area contributed by atoms with Crippen LogP contribution in [0.25, 0.3) is 0 Å². The molecule has 0 amide bonds. The maximum absolute atomic E-state index is 9.34. The first-order chi connectivity index (χ1) is 8.26. The normalized spacial score (nSPS) is 24.0. The van der Waals surface area contributed by atoms with Crippen LogP contribution in [0.2, 0.25) is 0 Å². The topological polar surface area (TPSA) is 49.8 Å². The van der Waals surface area contributed by atoms with Crippen LogP contribution in [-0.2, 0) is 0 Å². The quantitative estimate of drug-likeness (QED) is 0.702. The number of hydrogen-bond donors (Lipinski definition) is 1. The molecule has 18 heavy (non-hydrogen) atoms. The van der Waals surface area contributed by atoms with Gasteiger partial charge in [0.15, 0.2) is 0 Å². The summed E-state index contributed by atoms with van der Waals surface area (Å²) < 4.78 is 0. The molecule has 0 radical (unpaired) electrons. The highest BCUT2D eigenvalue weighted by Crippen LogP contribution is 2.43. The van der Waals surface area contributed by atoms with Crippen molar-refractivity contribution >= 4 is 0 Å². The number of nitrogens with zero attached hydrogens (tertiary/aromatic N) is 1. The van der Waals surface area contributed by atoms with Crippen molar-refractivity contribution in [3.8, 4) is 6.07 Å². The lowest BCUT2D eigenvalue weighted by atomic mass is 9.71. The van der Waals surface area contributed by atoms with E-state index in [1.54, 1.807) is 0 Å². The van der Waals surface area contributed by atoms with Gasteiger partial charge >= 0.3 is 0 Å². The van der Waals surface area contributed by atoms with Crippen molar-refractivity contribution in [1.29, 1.82) is 5.26 Å². The number of allylic oxidation sites excluding steroid dienone is 6. The fourth-order valence-corrected chi connectivity index (χ4v) is 2.44. The first-order valence-corrected chi connectivity index (χ1v) is 6.50. The van der Waals surface area contributed by atoms with Crippen LogP contribution >= 0.6 is 0 Å². The van der Waals surface area contributed by atoms with Gasteiger partial charge in [0.2, 0.25) is 0 Å². The molecule has 2 N–H and O–H groups in total. The summed E-state index contributed by atoms with van der Waals surface area (Å²) in [5.74, 6) is 0. The largest absolute Gasteiger partial charge is 0.402 e. The van der Waals surface area contributed by atoms with E-state index in [0.29, 0.717) is 0 Å². The third kappa shape index (κ3) is 3.50. The molecule has 1 aliphatic rings. The maximum atomic E-state index is 9.34. The zero-order valence-corrected chi connectivity index (χ0v) is 12.2. The third-order valence-electron chi connectivity index (χ3n) is 3.43. The summed E-state index contributed by atoms with van der Waals surface area (Å²) >= 11 is 0.